The van der Waals surface area contributed by atoms with Crippen LogP contribution in [0.3, 0.4) is 0 Å². The van der Waals surface area contributed by atoms with E-state index in [1.165, 1.54) is 17.5 Å². The molecule has 1 aliphatic rings. The Morgan fingerprint density at radius 2 is 2.12 bits per heavy atom. The first-order valence-corrected chi connectivity index (χ1v) is 5.91. The Labute approximate surface area is 98.0 Å². The fourth-order valence-electron chi connectivity index (χ4n) is 2.76. The van der Waals surface area contributed by atoms with Crippen molar-refractivity contribution in [2.24, 2.45) is 0 Å². The summed E-state index contributed by atoms with van der Waals surface area (Å²) < 4.78 is 5.31. The van der Waals surface area contributed by atoms with E-state index in [9.17, 15) is 0 Å². The second kappa shape index (κ2) is 4.10. The molecule has 2 heteroatoms. The predicted molar refractivity (Wildman–Crippen MR) is 67.2 cm³/mol. The highest BCUT2D eigenvalue weighted by molar-refractivity contribution is 5.42. The molecule has 16 heavy (non-hydrogen) atoms. The molecule has 1 aromatic rings. The van der Waals surface area contributed by atoms with Gasteiger partial charge in [-0.2, -0.15) is 0 Å². The summed E-state index contributed by atoms with van der Waals surface area (Å²) in [5.74, 6) is 0.967. The zero-order valence-corrected chi connectivity index (χ0v) is 10.6. The molecule has 1 atom stereocenters. The van der Waals surface area contributed by atoms with Crippen molar-refractivity contribution in [2.75, 3.05) is 14.2 Å². The van der Waals surface area contributed by atoms with Gasteiger partial charge >= 0.3 is 0 Å². The first-order valence-electron chi connectivity index (χ1n) is 5.91. The lowest BCUT2D eigenvalue weighted by Gasteiger charge is -2.37. The average Bonchev–Trinajstić information content (AvgIpc) is 2.27. The highest BCUT2D eigenvalue weighted by Crippen LogP contribution is 2.38. The third-order valence-electron chi connectivity index (χ3n) is 3.68. The van der Waals surface area contributed by atoms with E-state index in [4.69, 9.17) is 4.74 Å². The zero-order valence-electron chi connectivity index (χ0n) is 10.6. The summed E-state index contributed by atoms with van der Waals surface area (Å²) in [4.78, 5) is 0. The highest BCUT2D eigenvalue weighted by Gasteiger charge is 2.32. The molecule has 0 spiro atoms. The van der Waals surface area contributed by atoms with Crippen molar-refractivity contribution < 1.29 is 4.74 Å². The summed E-state index contributed by atoms with van der Waals surface area (Å²) >= 11 is 0. The predicted octanol–water partition coefficient (Wildman–Crippen LogP) is 2.51. The van der Waals surface area contributed by atoms with E-state index in [0.29, 0.717) is 6.04 Å². The van der Waals surface area contributed by atoms with Crippen LogP contribution in [0.2, 0.25) is 0 Å². The Morgan fingerprint density at radius 1 is 1.38 bits per heavy atom. The van der Waals surface area contributed by atoms with Crippen LogP contribution in [0.4, 0.5) is 0 Å². The summed E-state index contributed by atoms with van der Waals surface area (Å²) in [5, 5.41) is 3.40. The van der Waals surface area contributed by atoms with E-state index in [1.54, 1.807) is 7.11 Å². The van der Waals surface area contributed by atoms with E-state index < -0.39 is 0 Å². The number of benzene rings is 1. The van der Waals surface area contributed by atoms with Gasteiger partial charge in [0.1, 0.15) is 5.75 Å². The number of methoxy groups -OCH3 is 1. The molecule has 1 aliphatic carbocycles. The van der Waals surface area contributed by atoms with Gasteiger partial charge < -0.3 is 10.1 Å². The number of likely N-dealkylation sites (N-methyl/N-ethyl adjacent to an activating group) is 1. The molecule has 0 aromatic heterocycles. The molecule has 2 rings (SSSR count). The third kappa shape index (κ3) is 1.94. The molecule has 0 bridgehead atoms. The lowest BCUT2D eigenvalue weighted by molar-refractivity contribution is 0.353. The summed E-state index contributed by atoms with van der Waals surface area (Å²) in [6, 6.07) is 7.06. The molecule has 0 saturated carbocycles. The number of ether oxygens (including phenoxy) is 1. The van der Waals surface area contributed by atoms with Crippen LogP contribution in [-0.2, 0) is 11.8 Å². The molecular formula is C14H21NO. The van der Waals surface area contributed by atoms with Gasteiger partial charge in [-0.25, -0.2) is 0 Å². The lowest BCUT2D eigenvalue weighted by Crippen LogP contribution is -2.39. The standard InChI is InChI=1S/C14H21NO/c1-14(2)9-11(15-3)7-10-5-6-12(16-4)8-13(10)14/h5-6,8,11,15H,7,9H2,1-4H3. The number of rotatable bonds is 2. The van der Waals surface area contributed by atoms with Gasteiger partial charge in [-0.15, -0.1) is 0 Å². The van der Waals surface area contributed by atoms with Crippen LogP contribution >= 0.6 is 0 Å². The maximum absolute atomic E-state index is 5.31. The summed E-state index contributed by atoms with van der Waals surface area (Å²) in [7, 11) is 3.78. The number of hydrogen-bond acceptors (Lipinski definition) is 2. The molecule has 0 saturated heterocycles. The van der Waals surface area contributed by atoms with E-state index in [-0.39, 0.29) is 5.41 Å². The smallest absolute Gasteiger partial charge is 0.119 e. The SMILES string of the molecule is CNC1Cc2ccc(OC)cc2C(C)(C)C1. The lowest BCUT2D eigenvalue weighted by atomic mass is 9.71. The molecule has 1 N–H and O–H groups in total. The largest absolute Gasteiger partial charge is 0.497 e. The van der Waals surface area contributed by atoms with E-state index in [2.05, 4.69) is 44.4 Å². The van der Waals surface area contributed by atoms with Gasteiger partial charge in [0.05, 0.1) is 7.11 Å². The first kappa shape index (κ1) is 11.5. The monoisotopic (exact) mass is 219 g/mol. The maximum atomic E-state index is 5.31. The molecule has 0 fully saturated rings. The van der Waals surface area contributed by atoms with Crippen molar-refractivity contribution in [3.05, 3.63) is 29.3 Å². The van der Waals surface area contributed by atoms with Gasteiger partial charge in [0.2, 0.25) is 0 Å². The Hall–Kier alpha value is -1.02. The minimum atomic E-state index is 0.232. The molecule has 2 nitrogen and oxygen atoms in total. The molecule has 0 amide bonds. The minimum Gasteiger partial charge on any atom is -0.497 e. The number of hydrogen-bond donors (Lipinski definition) is 1. The van der Waals surface area contributed by atoms with Crippen LogP contribution in [0, 0.1) is 0 Å². The van der Waals surface area contributed by atoms with Gasteiger partial charge in [0, 0.05) is 6.04 Å². The van der Waals surface area contributed by atoms with Crippen molar-refractivity contribution in [1.29, 1.82) is 0 Å². The molecule has 88 valence electrons. The molecular weight excluding hydrogens is 198 g/mol. The summed E-state index contributed by atoms with van der Waals surface area (Å²) in [6.07, 6.45) is 2.31. The fourth-order valence-corrected chi connectivity index (χ4v) is 2.76. The topological polar surface area (TPSA) is 21.3 Å². The van der Waals surface area contributed by atoms with Crippen LogP contribution in [0.1, 0.15) is 31.4 Å². The Kier molecular flexibility index (Phi) is 2.94. The number of nitrogens with one attached hydrogen (secondary N) is 1. The van der Waals surface area contributed by atoms with Crippen LogP contribution in [0.5, 0.6) is 5.75 Å². The minimum absolute atomic E-state index is 0.232. The van der Waals surface area contributed by atoms with Crippen molar-refractivity contribution in [3.8, 4) is 5.75 Å². The summed E-state index contributed by atoms with van der Waals surface area (Å²) in [6.45, 7) is 4.63. The molecule has 1 aromatic carbocycles. The van der Waals surface area contributed by atoms with Crippen LogP contribution < -0.4 is 10.1 Å². The zero-order chi connectivity index (χ0) is 11.8. The second-order valence-electron chi connectivity index (χ2n) is 5.30. The van der Waals surface area contributed by atoms with Crippen molar-refractivity contribution in [2.45, 2.75) is 38.1 Å². The van der Waals surface area contributed by atoms with Gasteiger partial charge in [-0.3, -0.25) is 0 Å². The van der Waals surface area contributed by atoms with Crippen LogP contribution in [0.25, 0.3) is 0 Å². The van der Waals surface area contributed by atoms with Gasteiger partial charge in [-0.05, 0) is 48.6 Å². The maximum Gasteiger partial charge on any atom is 0.119 e. The van der Waals surface area contributed by atoms with E-state index in [0.717, 1.165) is 12.2 Å². The number of fused-ring (bicyclic) bond motifs is 1. The molecule has 0 aliphatic heterocycles. The van der Waals surface area contributed by atoms with E-state index in [1.807, 2.05) is 0 Å². The van der Waals surface area contributed by atoms with Crippen molar-refractivity contribution >= 4 is 0 Å². The van der Waals surface area contributed by atoms with Crippen molar-refractivity contribution in [3.63, 3.8) is 0 Å². The van der Waals surface area contributed by atoms with Crippen molar-refractivity contribution in [1.82, 2.24) is 5.32 Å². The van der Waals surface area contributed by atoms with Gasteiger partial charge in [0.15, 0.2) is 0 Å². The molecule has 0 radical (unpaired) electrons. The van der Waals surface area contributed by atoms with Crippen LogP contribution in [0.15, 0.2) is 18.2 Å². The third-order valence-corrected chi connectivity index (χ3v) is 3.68. The first-order chi connectivity index (χ1) is 7.56. The Morgan fingerprint density at radius 3 is 2.75 bits per heavy atom. The second-order valence-corrected chi connectivity index (χ2v) is 5.30. The molecule has 0 heterocycles. The average molecular weight is 219 g/mol. The quantitative estimate of drug-likeness (QED) is 0.825. The molecule has 1 unspecified atom stereocenters. The van der Waals surface area contributed by atoms with Gasteiger partial charge in [-0.1, -0.05) is 19.9 Å². The Balaban J connectivity index is 2.43. The highest BCUT2D eigenvalue weighted by atomic mass is 16.5. The Bertz CT molecular complexity index is 384. The van der Waals surface area contributed by atoms with E-state index >= 15 is 0 Å². The van der Waals surface area contributed by atoms with Crippen LogP contribution in [-0.4, -0.2) is 20.2 Å². The summed E-state index contributed by atoms with van der Waals surface area (Å²) in [5.41, 5.74) is 3.13. The fraction of sp³-hybridized carbons (Fsp3) is 0.571. The van der Waals surface area contributed by atoms with Gasteiger partial charge in [0.25, 0.3) is 0 Å². The normalized spacial score (nSPS) is 22.6.